The maximum atomic E-state index is 11.6. The van der Waals surface area contributed by atoms with Crippen molar-refractivity contribution in [2.24, 2.45) is 0 Å². The van der Waals surface area contributed by atoms with E-state index in [0.717, 1.165) is 25.8 Å². The van der Waals surface area contributed by atoms with Crippen LogP contribution in [0.5, 0.6) is 0 Å². The quantitative estimate of drug-likeness (QED) is 0.153. The molecule has 3 nitrogen and oxygen atoms in total. The Balaban J connectivity index is 3.13. The molecule has 162 valence electrons. The van der Waals surface area contributed by atoms with Gasteiger partial charge in [0.25, 0.3) is 0 Å². The van der Waals surface area contributed by atoms with Gasteiger partial charge in [-0.1, -0.05) is 123 Å². The zero-order valence-electron chi connectivity index (χ0n) is 18.7. The van der Waals surface area contributed by atoms with Crippen LogP contribution in [0, 0.1) is 0 Å². The average Bonchev–Trinajstić information content (AvgIpc) is 2.67. The van der Waals surface area contributed by atoms with E-state index in [1.807, 2.05) is 0 Å². The van der Waals surface area contributed by atoms with Gasteiger partial charge in [-0.15, -0.1) is 0 Å². The minimum Gasteiger partial charge on any atom is -0.371 e. The number of hydrogen-bond acceptors (Lipinski definition) is 3. The zero-order valence-corrected chi connectivity index (χ0v) is 18.7. The van der Waals surface area contributed by atoms with Gasteiger partial charge in [0.05, 0.1) is 0 Å². The Morgan fingerprint density at radius 1 is 0.556 bits per heavy atom. The van der Waals surface area contributed by atoms with E-state index in [9.17, 15) is 4.79 Å². The molecule has 0 aromatic heterocycles. The minimum atomic E-state index is -0.0926. The first-order chi connectivity index (χ1) is 13.3. The van der Waals surface area contributed by atoms with Crippen LogP contribution in [0.3, 0.4) is 0 Å². The molecule has 0 unspecified atom stereocenters. The average molecular weight is 384 g/mol. The van der Waals surface area contributed by atoms with E-state index in [2.05, 4.69) is 19.3 Å². The van der Waals surface area contributed by atoms with Crippen LogP contribution in [-0.2, 0) is 9.63 Å². The lowest BCUT2D eigenvalue weighted by Gasteiger charge is -2.06. The van der Waals surface area contributed by atoms with Crippen molar-refractivity contribution in [3.63, 3.8) is 0 Å². The van der Waals surface area contributed by atoms with Crippen molar-refractivity contribution in [1.82, 2.24) is 5.48 Å². The van der Waals surface area contributed by atoms with Gasteiger partial charge in [0.1, 0.15) is 0 Å². The number of nitrogens with one attached hydrogen (secondary N) is 1. The summed E-state index contributed by atoms with van der Waals surface area (Å²) in [5.41, 5.74) is 2.84. The largest absolute Gasteiger partial charge is 0.371 e. The molecule has 0 aliphatic rings. The third-order valence-corrected chi connectivity index (χ3v) is 5.30. The fourth-order valence-corrected chi connectivity index (χ4v) is 3.45. The van der Waals surface area contributed by atoms with Gasteiger partial charge in [-0.25, -0.2) is 0 Å². The van der Waals surface area contributed by atoms with Crippen LogP contribution in [-0.4, -0.2) is 12.5 Å². The molecule has 0 saturated carbocycles. The number of carbonyl (C=O) groups is 1. The second kappa shape index (κ2) is 23.5. The monoisotopic (exact) mass is 383 g/mol. The van der Waals surface area contributed by atoms with Crippen molar-refractivity contribution >= 4 is 5.97 Å². The van der Waals surface area contributed by atoms with Gasteiger partial charge in [0.15, 0.2) is 0 Å². The fraction of sp³-hybridized carbons (Fsp3) is 0.958. The van der Waals surface area contributed by atoms with Crippen LogP contribution in [0.2, 0.25) is 0 Å². The molecular formula is C24H49NO2. The SMILES string of the molecule is CCCCCCCCCCCCNOC(=O)CCCCCCCCCCC. The summed E-state index contributed by atoms with van der Waals surface area (Å²) in [5.74, 6) is -0.0926. The first-order valence-corrected chi connectivity index (χ1v) is 12.2. The third kappa shape index (κ3) is 23.4. The standard InChI is InChI=1S/C24H49NO2/c1-3-5-7-9-11-13-15-17-19-21-23-25-27-24(26)22-20-18-16-14-12-10-8-6-4-2/h25H,3-23H2,1-2H3. The molecule has 0 saturated heterocycles. The van der Waals surface area contributed by atoms with Crippen LogP contribution in [0.25, 0.3) is 0 Å². The number of hydrogen-bond donors (Lipinski definition) is 1. The molecule has 0 aliphatic heterocycles. The molecule has 1 N–H and O–H groups in total. The zero-order chi connectivity index (χ0) is 19.8. The molecule has 27 heavy (non-hydrogen) atoms. The van der Waals surface area contributed by atoms with E-state index >= 15 is 0 Å². The van der Waals surface area contributed by atoms with Gasteiger partial charge in [-0.3, -0.25) is 4.79 Å². The van der Waals surface area contributed by atoms with Gasteiger partial charge in [-0.05, 0) is 12.8 Å². The third-order valence-electron chi connectivity index (χ3n) is 5.30. The minimum absolute atomic E-state index is 0.0926. The lowest BCUT2D eigenvalue weighted by Crippen LogP contribution is -2.20. The first-order valence-electron chi connectivity index (χ1n) is 12.2. The molecule has 0 heterocycles. The maximum absolute atomic E-state index is 11.6. The molecule has 0 aliphatic carbocycles. The van der Waals surface area contributed by atoms with E-state index in [1.165, 1.54) is 103 Å². The van der Waals surface area contributed by atoms with E-state index < -0.39 is 0 Å². The van der Waals surface area contributed by atoms with Gasteiger partial charge < -0.3 is 4.84 Å². The Bertz CT molecular complexity index is 294. The summed E-state index contributed by atoms with van der Waals surface area (Å²) in [4.78, 5) is 16.8. The van der Waals surface area contributed by atoms with E-state index in [1.54, 1.807) is 0 Å². The normalized spacial score (nSPS) is 11.0. The van der Waals surface area contributed by atoms with Crippen LogP contribution in [0.15, 0.2) is 0 Å². The second-order valence-electron chi connectivity index (χ2n) is 8.13. The lowest BCUT2D eigenvalue weighted by atomic mass is 10.1. The maximum Gasteiger partial charge on any atom is 0.324 e. The number of unbranched alkanes of at least 4 members (excludes halogenated alkanes) is 17. The Labute approximate surface area is 170 Å². The number of carbonyl (C=O) groups excluding carboxylic acids is 1. The molecule has 0 amide bonds. The molecular weight excluding hydrogens is 334 g/mol. The van der Waals surface area contributed by atoms with Crippen molar-refractivity contribution < 1.29 is 9.63 Å². The Morgan fingerprint density at radius 2 is 0.926 bits per heavy atom. The van der Waals surface area contributed by atoms with Crippen LogP contribution < -0.4 is 5.48 Å². The summed E-state index contributed by atoms with van der Waals surface area (Å²) in [6, 6.07) is 0. The van der Waals surface area contributed by atoms with Gasteiger partial charge >= 0.3 is 5.97 Å². The van der Waals surface area contributed by atoms with Crippen LogP contribution in [0.4, 0.5) is 0 Å². The van der Waals surface area contributed by atoms with Crippen molar-refractivity contribution in [3.8, 4) is 0 Å². The van der Waals surface area contributed by atoms with Crippen molar-refractivity contribution in [1.29, 1.82) is 0 Å². The highest BCUT2D eigenvalue weighted by Crippen LogP contribution is 2.11. The Hall–Kier alpha value is -0.570. The summed E-state index contributed by atoms with van der Waals surface area (Å²) >= 11 is 0. The molecule has 0 aromatic carbocycles. The summed E-state index contributed by atoms with van der Waals surface area (Å²) in [6.07, 6.45) is 25.3. The first kappa shape index (κ1) is 26.4. The number of rotatable bonds is 22. The molecule has 0 atom stereocenters. The van der Waals surface area contributed by atoms with Crippen LogP contribution in [0.1, 0.15) is 142 Å². The predicted octanol–water partition coefficient (Wildman–Crippen LogP) is 7.88. The second-order valence-corrected chi connectivity index (χ2v) is 8.13. The molecule has 0 radical (unpaired) electrons. The summed E-state index contributed by atoms with van der Waals surface area (Å²) in [6.45, 7) is 5.31. The van der Waals surface area contributed by atoms with Crippen molar-refractivity contribution in [2.45, 2.75) is 142 Å². The highest BCUT2D eigenvalue weighted by atomic mass is 16.7. The van der Waals surface area contributed by atoms with Crippen molar-refractivity contribution in [2.75, 3.05) is 6.54 Å². The summed E-state index contributed by atoms with van der Waals surface area (Å²) in [7, 11) is 0. The summed E-state index contributed by atoms with van der Waals surface area (Å²) < 4.78 is 0. The van der Waals surface area contributed by atoms with E-state index in [4.69, 9.17) is 4.84 Å². The predicted molar refractivity (Wildman–Crippen MR) is 118 cm³/mol. The molecule has 0 aromatic rings. The molecule has 3 heteroatoms. The smallest absolute Gasteiger partial charge is 0.324 e. The molecule has 0 rings (SSSR count). The van der Waals surface area contributed by atoms with E-state index in [-0.39, 0.29) is 5.97 Å². The molecule has 0 bridgehead atoms. The number of hydroxylamine groups is 1. The topological polar surface area (TPSA) is 38.3 Å². The van der Waals surface area contributed by atoms with Gasteiger partial charge in [-0.2, -0.15) is 5.48 Å². The Kier molecular flexibility index (Phi) is 23.0. The highest BCUT2D eigenvalue weighted by Gasteiger charge is 2.02. The van der Waals surface area contributed by atoms with Crippen molar-refractivity contribution in [3.05, 3.63) is 0 Å². The molecule has 0 spiro atoms. The Morgan fingerprint density at radius 3 is 1.37 bits per heavy atom. The summed E-state index contributed by atoms with van der Waals surface area (Å²) in [5, 5.41) is 0. The molecule has 0 fully saturated rings. The lowest BCUT2D eigenvalue weighted by molar-refractivity contribution is -0.151. The fourth-order valence-electron chi connectivity index (χ4n) is 3.45. The van der Waals surface area contributed by atoms with Gasteiger partial charge in [0, 0.05) is 13.0 Å². The van der Waals surface area contributed by atoms with Crippen LogP contribution >= 0.6 is 0 Å². The van der Waals surface area contributed by atoms with E-state index in [0.29, 0.717) is 6.42 Å². The van der Waals surface area contributed by atoms with Gasteiger partial charge in [0.2, 0.25) is 0 Å². The highest BCUT2D eigenvalue weighted by molar-refractivity contribution is 5.68.